The quantitative estimate of drug-likeness (QED) is 0.757. The van der Waals surface area contributed by atoms with Crippen LogP contribution in [0.3, 0.4) is 0 Å². The first-order valence-corrected chi connectivity index (χ1v) is 7.57. The predicted octanol–water partition coefficient (Wildman–Crippen LogP) is 0.789. The summed E-state index contributed by atoms with van der Waals surface area (Å²) in [7, 11) is 0. The molecule has 3 heterocycles. The van der Waals surface area contributed by atoms with Crippen molar-refractivity contribution in [2.45, 2.75) is 19.9 Å². The minimum Gasteiger partial charge on any atom is -0.299 e. The number of carbonyl (C=O) groups excluding carboxylic acids is 1. The van der Waals surface area contributed by atoms with Gasteiger partial charge in [0, 0.05) is 18.5 Å². The maximum absolute atomic E-state index is 12.3. The molecule has 1 unspecified atom stereocenters. The summed E-state index contributed by atoms with van der Waals surface area (Å²) in [6, 6.07) is 3.83. The molecule has 0 bridgehead atoms. The van der Waals surface area contributed by atoms with Crippen LogP contribution in [0.5, 0.6) is 0 Å². The van der Waals surface area contributed by atoms with Gasteiger partial charge in [0.2, 0.25) is 5.13 Å². The van der Waals surface area contributed by atoms with Gasteiger partial charge in [0.05, 0.1) is 0 Å². The third kappa shape index (κ3) is 3.16. The highest BCUT2D eigenvalue weighted by molar-refractivity contribution is 7.15. The summed E-state index contributed by atoms with van der Waals surface area (Å²) in [5.74, 6) is 0.0503. The van der Waals surface area contributed by atoms with Crippen molar-refractivity contribution in [1.82, 2.24) is 29.8 Å². The largest absolute Gasteiger partial charge is 0.299 e. The molecule has 0 spiro atoms. The Hall–Kier alpha value is -2.88. The third-order valence-electron chi connectivity index (χ3n) is 3.05. The number of nitrogens with zero attached hydrogens (tertiary/aromatic N) is 6. The Morgan fingerprint density at radius 3 is 2.83 bits per heavy atom. The van der Waals surface area contributed by atoms with Crippen LogP contribution in [-0.2, 0) is 4.79 Å². The summed E-state index contributed by atoms with van der Waals surface area (Å²) in [6.45, 7) is 3.38. The molecule has 0 aliphatic carbocycles. The zero-order valence-corrected chi connectivity index (χ0v) is 13.2. The van der Waals surface area contributed by atoms with Crippen LogP contribution in [0, 0.1) is 6.92 Å². The van der Waals surface area contributed by atoms with E-state index >= 15 is 0 Å². The molecule has 118 valence electrons. The van der Waals surface area contributed by atoms with Gasteiger partial charge in [0.1, 0.15) is 11.0 Å². The second-order valence-corrected chi connectivity index (χ2v) is 5.90. The zero-order chi connectivity index (χ0) is 16.4. The molecular formula is C13H13N7O2S. The smallest absolute Gasteiger partial charge is 0.267 e. The van der Waals surface area contributed by atoms with Crippen molar-refractivity contribution in [3.05, 3.63) is 46.0 Å². The second-order valence-electron chi connectivity index (χ2n) is 4.72. The fourth-order valence-corrected chi connectivity index (χ4v) is 2.48. The minimum absolute atomic E-state index is 0.378. The van der Waals surface area contributed by atoms with E-state index in [1.165, 1.54) is 22.1 Å². The van der Waals surface area contributed by atoms with Crippen molar-refractivity contribution < 1.29 is 4.79 Å². The van der Waals surface area contributed by atoms with E-state index in [4.69, 9.17) is 0 Å². The van der Waals surface area contributed by atoms with Gasteiger partial charge in [0.25, 0.3) is 11.5 Å². The fourth-order valence-electron chi connectivity index (χ4n) is 1.89. The van der Waals surface area contributed by atoms with Gasteiger partial charge in [-0.05, 0) is 26.0 Å². The summed E-state index contributed by atoms with van der Waals surface area (Å²) < 4.78 is 2.62. The SMILES string of the molecule is Cc1nnc(NC(=O)C(C)n2nc(-n3cccn3)ccc2=O)s1. The van der Waals surface area contributed by atoms with Gasteiger partial charge >= 0.3 is 0 Å². The molecule has 0 fully saturated rings. The Morgan fingerprint density at radius 2 is 2.17 bits per heavy atom. The Morgan fingerprint density at radius 1 is 1.35 bits per heavy atom. The molecule has 23 heavy (non-hydrogen) atoms. The van der Waals surface area contributed by atoms with E-state index in [0.29, 0.717) is 10.9 Å². The molecule has 3 aromatic rings. The lowest BCUT2D eigenvalue weighted by molar-refractivity contribution is -0.119. The van der Waals surface area contributed by atoms with Crippen molar-refractivity contribution >= 4 is 22.4 Å². The molecule has 1 atom stereocenters. The molecule has 1 amide bonds. The molecule has 10 heteroatoms. The molecule has 0 radical (unpaired) electrons. The molecule has 0 saturated heterocycles. The van der Waals surface area contributed by atoms with Gasteiger partial charge in [0.15, 0.2) is 5.82 Å². The van der Waals surface area contributed by atoms with Crippen LogP contribution in [0.25, 0.3) is 5.82 Å². The maximum Gasteiger partial charge on any atom is 0.267 e. The van der Waals surface area contributed by atoms with Gasteiger partial charge in [-0.15, -0.1) is 15.3 Å². The summed E-state index contributed by atoms with van der Waals surface area (Å²) in [5.41, 5.74) is -0.378. The third-order valence-corrected chi connectivity index (χ3v) is 3.81. The lowest BCUT2D eigenvalue weighted by atomic mass is 10.3. The van der Waals surface area contributed by atoms with E-state index in [1.807, 2.05) is 0 Å². The number of hydrogen-bond acceptors (Lipinski definition) is 7. The zero-order valence-electron chi connectivity index (χ0n) is 12.4. The maximum atomic E-state index is 12.3. The number of nitrogens with one attached hydrogen (secondary N) is 1. The standard InChI is InChI=1S/C13H13N7O2S/c1-8(12(22)15-13-17-16-9(2)23-13)20-11(21)5-4-10(18-20)19-7-3-6-14-19/h3-8H,1-2H3,(H,15,17,22). The van der Waals surface area contributed by atoms with Crippen LogP contribution in [0.15, 0.2) is 35.4 Å². The molecule has 0 aromatic carbocycles. The van der Waals surface area contributed by atoms with Gasteiger partial charge in [-0.3, -0.25) is 14.9 Å². The molecule has 0 saturated carbocycles. The lowest BCUT2D eigenvalue weighted by Crippen LogP contribution is -2.33. The topological polar surface area (TPSA) is 108 Å². The van der Waals surface area contributed by atoms with Crippen LogP contribution in [-0.4, -0.2) is 35.7 Å². The van der Waals surface area contributed by atoms with E-state index in [2.05, 4.69) is 25.7 Å². The number of hydrogen-bond donors (Lipinski definition) is 1. The van der Waals surface area contributed by atoms with E-state index in [9.17, 15) is 9.59 Å². The normalized spacial score (nSPS) is 12.1. The molecular weight excluding hydrogens is 318 g/mol. The second kappa shape index (κ2) is 6.08. The number of aryl methyl sites for hydroxylation is 1. The van der Waals surface area contributed by atoms with Gasteiger partial charge < -0.3 is 0 Å². The number of carbonyl (C=O) groups is 1. The highest BCUT2D eigenvalue weighted by Crippen LogP contribution is 2.15. The minimum atomic E-state index is -0.804. The molecule has 0 aliphatic heterocycles. The van der Waals surface area contributed by atoms with Gasteiger partial charge in [-0.2, -0.15) is 5.10 Å². The summed E-state index contributed by atoms with van der Waals surface area (Å²) in [6.07, 6.45) is 3.30. The number of anilines is 1. The van der Waals surface area contributed by atoms with E-state index in [0.717, 1.165) is 9.69 Å². The predicted molar refractivity (Wildman–Crippen MR) is 83.6 cm³/mol. The number of amides is 1. The Balaban J connectivity index is 1.86. The Kier molecular flexibility index (Phi) is 3.98. The van der Waals surface area contributed by atoms with Gasteiger partial charge in [-0.25, -0.2) is 9.36 Å². The van der Waals surface area contributed by atoms with Crippen LogP contribution in [0.2, 0.25) is 0 Å². The summed E-state index contributed by atoms with van der Waals surface area (Å²) >= 11 is 1.26. The molecule has 3 aromatic heterocycles. The first kappa shape index (κ1) is 15.0. The van der Waals surface area contributed by atoms with Crippen molar-refractivity contribution in [2.75, 3.05) is 5.32 Å². The number of aromatic nitrogens is 6. The molecule has 1 N–H and O–H groups in total. The Bertz CT molecular complexity index is 884. The van der Waals surface area contributed by atoms with Crippen molar-refractivity contribution in [1.29, 1.82) is 0 Å². The van der Waals surface area contributed by atoms with Crippen molar-refractivity contribution in [3.63, 3.8) is 0 Å². The lowest BCUT2D eigenvalue weighted by Gasteiger charge is -2.13. The highest BCUT2D eigenvalue weighted by Gasteiger charge is 2.19. The molecule has 3 rings (SSSR count). The highest BCUT2D eigenvalue weighted by atomic mass is 32.1. The summed E-state index contributed by atoms with van der Waals surface area (Å²) in [5, 5.41) is 19.7. The Labute approximate surface area is 134 Å². The average Bonchev–Trinajstić information content (AvgIpc) is 3.19. The van der Waals surface area contributed by atoms with Crippen LogP contribution in [0.1, 0.15) is 18.0 Å². The molecule has 0 aliphatic rings. The van der Waals surface area contributed by atoms with Crippen molar-refractivity contribution in [3.8, 4) is 5.82 Å². The van der Waals surface area contributed by atoms with Crippen LogP contribution >= 0.6 is 11.3 Å². The van der Waals surface area contributed by atoms with E-state index < -0.39 is 11.9 Å². The average molecular weight is 331 g/mol. The van der Waals surface area contributed by atoms with E-state index in [1.54, 1.807) is 38.4 Å². The van der Waals surface area contributed by atoms with Crippen LogP contribution < -0.4 is 10.9 Å². The van der Waals surface area contributed by atoms with Crippen molar-refractivity contribution in [2.24, 2.45) is 0 Å². The first-order chi connectivity index (χ1) is 11.0. The molecule has 9 nitrogen and oxygen atoms in total. The monoisotopic (exact) mass is 331 g/mol. The van der Waals surface area contributed by atoms with E-state index in [-0.39, 0.29) is 5.56 Å². The first-order valence-electron chi connectivity index (χ1n) is 6.75. The fraction of sp³-hybridized carbons (Fsp3) is 0.231. The van der Waals surface area contributed by atoms with Crippen LogP contribution in [0.4, 0.5) is 5.13 Å². The number of rotatable bonds is 4. The summed E-state index contributed by atoms with van der Waals surface area (Å²) in [4.78, 5) is 24.3. The van der Waals surface area contributed by atoms with Gasteiger partial charge in [-0.1, -0.05) is 11.3 Å².